The van der Waals surface area contributed by atoms with E-state index in [-0.39, 0.29) is 17.4 Å². The van der Waals surface area contributed by atoms with Gasteiger partial charge in [0, 0.05) is 22.7 Å². The van der Waals surface area contributed by atoms with Crippen LogP contribution in [-0.2, 0) is 16.9 Å². The Bertz CT molecular complexity index is 1380. The molecule has 5 rings (SSSR count). The fraction of sp³-hybridized carbons (Fsp3) is 0.296. The molecular weight excluding hydrogens is 517 g/mol. The number of nitrogens with one attached hydrogen (secondary N) is 1. The van der Waals surface area contributed by atoms with E-state index in [1.165, 1.54) is 0 Å². The van der Waals surface area contributed by atoms with E-state index in [0.29, 0.717) is 51.5 Å². The summed E-state index contributed by atoms with van der Waals surface area (Å²) in [5.41, 5.74) is 1.36. The quantitative estimate of drug-likeness (QED) is 0.314. The number of hydrogen-bond donors (Lipinski definition) is 1. The molecule has 10 heteroatoms. The van der Waals surface area contributed by atoms with Gasteiger partial charge in [-0.2, -0.15) is 0 Å². The van der Waals surface area contributed by atoms with Gasteiger partial charge in [-0.05, 0) is 55.4 Å². The standard InChI is InChI=1S/C27H25Cl2N3O5/c1-3-36-24-13-17(9-11-23(24)37-15-16-8-10-20(28)21(29)12-16)18-14-31(2)27(25(18)32(34)35)19-6-4-5-7-22(19)30-26(27)33/h4-13,18,25H,3,14-15H2,1-2H3,(H,30,33)/t18-,25-,27-/m0/s1. The van der Waals surface area contributed by atoms with Gasteiger partial charge >= 0.3 is 0 Å². The van der Waals surface area contributed by atoms with Crippen LogP contribution in [0.3, 0.4) is 0 Å². The van der Waals surface area contributed by atoms with Crippen LogP contribution < -0.4 is 14.8 Å². The summed E-state index contributed by atoms with van der Waals surface area (Å²) in [6.07, 6.45) is 0. The first-order valence-electron chi connectivity index (χ1n) is 11.9. The van der Waals surface area contributed by atoms with Crippen LogP contribution in [0.5, 0.6) is 11.5 Å². The molecular formula is C27H25Cl2N3O5. The van der Waals surface area contributed by atoms with Gasteiger partial charge in [0.15, 0.2) is 17.0 Å². The number of likely N-dealkylation sites (tertiary alicyclic amines) is 1. The molecule has 37 heavy (non-hydrogen) atoms. The summed E-state index contributed by atoms with van der Waals surface area (Å²) in [5, 5.41) is 16.3. The predicted molar refractivity (Wildman–Crippen MR) is 141 cm³/mol. The Morgan fingerprint density at radius 2 is 1.86 bits per heavy atom. The molecule has 1 amide bonds. The van der Waals surface area contributed by atoms with Crippen molar-refractivity contribution < 1.29 is 19.2 Å². The zero-order chi connectivity index (χ0) is 26.3. The molecule has 1 fully saturated rings. The number of nitrogens with zero attached hydrogens (tertiary/aromatic N) is 2. The van der Waals surface area contributed by atoms with Crippen LogP contribution in [0.1, 0.15) is 29.5 Å². The number of rotatable bonds is 7. The van der Waals surface area contributed by atoms with Crippen molar-refractivity contribution >= 4 is 34.8 Å². The monoisotopic (exact) mass is 541 g/mol. The van der Waals surface area contributed by atoms with E-state index >= 15 is 0 Å². The number of halogens is 2. The summed E-state index contributed by atoms with van der Waals surface area (Å²) in [4.78, 5) is 27.3. The fourth-order valence-electron chi connectivity index (χ4n) is 5.51. The first-order valence-corrected chi connectivity index (χ1v) is 12.6. The minimum Gasteiger partial charge on any atom is -0.490 e. The zero-order valence-electron chi connectivity index (χ0n) is 20.2. The highest BCUT2D eigenvalue weighted by molar-refractivity contribution is 6.42. The maximum Gasteiger partial charge on any atom is 0.256 e. The lowest BCUT2D eigenvalue weighted by Crippen LogP contribution is -2.54. The van der Waals surface area contributed by atoms with E-state index in [0.717, 1.165) is 5.56 Å². The molecule has 1 N–H and O–H groups in total. The predicted octanol–water partition coefficient (Wildman–Crippen LogP) is 5.49. The number of hydrogen-bond acceptors (Lipinski definition) is 6. The SMILES string of the molecule is CCOc1cc([C@@H]2CN(C)[C@]3(C(=O)Nc4ccccc43)[C@H]2[N+](=O)[O-])ccc1OCc1ccc(Cl)c(Cl)c1. The van der Waals surface area contributed by atoms with Crippen LogP contribution in [-0.4, -0.2) is 42.0 Å². The number of carbonyl (C=O) groups excluding carboxylic acids is 1. The summed E-state index contributed by atoms with van der Waals surface area (Å²) in [6.45, 7) is 2.80. The van der Waals surface area contributed by atoms with E-state index in [2.05, 4.69) is 5.32 Å². The molecule has 0 bridgehead atoms. The maximum atomic E-state index is 13.3. The topological polar surface area (TPSA) is 93.9 Å². The second-order valence-electron chi connectivity index (χ2n) is 9.16. The summed E-state index contributed by atoms with van der Waals surface area (Å²) in [7, 11) is 1.76. The molecule has 3 aromatic rings. The second-order valence-corrected chi connectivity index (χ2v) is 9.97. The van der Waals surface area contributed by atoms with E-state index in [9.17, 15) is 14.9 Å². The van der Waals surface area contributed by atoms with Crippen LogP contribution in [0.4, 0.5) is 5.69 Å². The average Bonchev–Trinajstić information content (AvgIpc) is 3.35. The van der Waals surface area contributed by atoms with Crippen LogP contribution in [0.15, 0.2) is 60.7 Å². The number of para-hydroxylation sites is 1. The molecule has 3 atom stereocenters. The number of amides is 1. The fourth-order valence-corrected chi connectivity index (χ4v) is 5.83. The number of anilines is 1. The first-order chi connectivity index (χ1) is 17.8. The lowest BCUT2D eigenvalue weighted by Gasteiger charge is -2.30. The maximum absolute atomic E-state index is 13.3. The molecule has 1 spiro atoms. The van der Waals surface area contributed by atoms with Crippen molar-refractivity contribution in [2.24, 2.45) is 0 Å². The van der Waals surface area contributed by atoms with Crippen LogP contribution in [0.2, 0.25) is 10.0 Å². The summed E-state index contributed by atoms with van der Waals surface area (Å²) in [5.74, 6) is 0.0358. The van der Waals surface area contributed by atoms with Crippen molar-refractivity contribution in [3.8, 4) is 11.5 Å². The molecule has 0 aromatic heterocycles. The summed E-state index contributed by atoms with van der Waals surface area (Å²) < 4.78 is 11.9. The van der Waals surface area contributed by atoms with Crippen molar-refractivity contribution in [1.82, 2.24) is 4.90 Å². The second kappa shape index (κ2) is 9.85. The molecule has 3 aromatic carbocycles. The van der Waals surface area contributed by atoms with Crippen molar-refractivity contribution in [2.75, 3.05) is 25.5 Å². The Balaban J connectivity index is 1.49. The van der Waals surface area contributed by atoms with Crippen molar-refractivity contribution in [3.63, 3.8) is 0 Å². The van der Waals surface area contributed by atoms with Crippen LogP contribution in [0, 0.1) is 10.1 Å². The number of ether oxygens (including phenoxy) is 2. The number of nitro groups is 1. The van der Waals surface area contributed by atoms with Gasteiger partial charge in [0.05, 0.1) is 22.6 Å². The third-order valence-electron chi connectivity index (χ3n) is 7.12. The van der Waals surface area contributed by atoms with E-state index < -0.39 is 17.5 Å². The highest BCUT2D eigenvalue weighted by Crippen LogP contribution is 2.52. The van der Waals surface area contributed by atoms with E-state index in [1.54, 1.807) is 66.5 Å². The van der Waals surface area contributed by atoms with Gasteiger partial charge in [-0.1, -0.05) is 53.5 Å². The molecule has 0 aliphatic carbocycles. The highest BCUT2D eigenvalue weighted by Gasteiger charge is 2.68. The highest BCUT2D eigenvalue weighted by atomic mass is 35.5. The lowest BCUT2D eigenvalue weighted by molar-refractivity contribution is -0.534. The van der Waals surface area contributed by atoms with Gasteiger partial charge in [-0.3, -0.25) is 19.8 Å². The minimum atomic E-state index is -1.40. The molecule has 8 nitrogen and oxygen atoms in total. The smallest absolute Gasteiger partial charge is 0.256 e. The van der Waals surface area contributed by atoms with Crippen LogP contribution >= 0.6 is 23.2 Å². The minimum absolute atomic E-state index is 0.236. The van der Waals surface area contributed by atoms with Gasteiger partial charge in [-0.25, -0.2) is 0 Å². The average molecular weight is 542 g/mol. The third kappa shape index (κ3) is 4.19. The number of likely N-dealkylation sites (N-methyl/N-ethyl adjacent to an activating group) is 1. The Hall–Kier alpha value is -3.33. The van der Waals surface area contributed by atoms with Gasteiger partial charge < -0.3 is 14.8 Å². The van der Waals surface area contributed by atoms with E-state index in [1.807, 2.05) is 13.0 Å². The molecule has 1 saturated heterocycles. The number of carbonyl (C=O) groups is 1. The van der Waals surface area contributed by atoms with Crippen molar-refractivity contribution in [2.45, 2.75) is 31.0 Å². The molecule has 192 valence electrons. The van der Waals surface area contributed by atoms with Gasteiger partial charge in [-0.15, -0.1) is 0 Å². The van der Waals surface area contributed by atoms with Gasteiger partial charge in [0.25, 0.3) is 11.9 Å². The molecule has 2 aliphatic heterocycles. The first kappa shape index (κ1) is 25.3. The lowest BCUT2D eigenvalue weighted by atomic mass is 9.79. The van der Waals surface area contributed by atoms with Crippen LogP contribution in [0.25, 0.3) is 0 Å². The largest absolute Gasteiger partial charge is 0.490 e. The summed E-state index contributed by atoms with van der Waals surface area (Å²) in [6, 6.07) is 16.6. The van der Waals surface area contributed by atoms with Gasteiger partial charge in [0.2, 0.25) is 0 Å². The van der Waals surface area contributed by atoms with Crippen molar-refractivity contribution in [3.05, 3.63) is 97.5 Å². The number of fused-ring (bicyclic) bond motifs is 2. The summed E-state index contributed by atoms with van der Waals surface area (Å²) >= 11 is 12.1. The molecule has 2 aliphatic rings. The zero-order valence-corrected chi connectivity index (χ0v) is 21.8. The Morgan fingerprint density at radius 1 is 1.08 bits per heavy atom. The Labute approximate surface area is 224 Å². The van der Waals surface area contributed by atoms with E-state index in [4.69, 9.17) is 32.7 Å². The Kier molecular flexibility index (Phi) is 6.74. The number of benzene rings is 3. The van der Waals surface area contributed by atoms with Gasteiger partial charge in [0.1, 0.15) is 6.61 Å². The molecule has 0 unspecified atom stereocenters. The Morgan fingerprint density at radius 3 is 2.59 bits per heavy atom. The third-order valence-corrected chi connectivity index (χ3v) is 7.85. The molecule has 0 radical (unpaired) electrons. The molecule has 0 saturated carbocycles. The molecule has 2 heterocycles. The normalized spacial score (nSPS) is 22.6. The van der Waals surface area contributed by atoms with Crippen molar-refractivity contribution in [1.29, 1.82) is 0 Å².